The molecule has 3 heteroatoms. The summed E-state index contributed by atoms with van der Waals surface area (Å²) < 4.78 is 14.2. The average molecular weight is 272 g/mol. The highest BCUT2D eigenvalue weighted by Crippen LogP contribution is 2.36. The molecule has 0 bridgehead atoms. The molecule has 1 N–H and O–H groups in total. The first-order chi connectivity index (χ1) is 7.16. The summed E-state index contributed by atoms with van der Waals surface area (Å²) in [5, 5.41) is 3.30. The maximum absolute atomic E-state index is 13.4. The fraction of sp³-hybridized carbons (Fsp3) is 0.500. The third kappa shape index (κ3) is 3.02. The molecule has 0 saturated heterocycles. The van der Waals surface area contributed by atoms with E-state index in [0.717, 1.165) is 28.4 Å². The van der Waals surface area contributed by atoms with Crippen molar-refractivity contribution in [3.63, 3.8) is 0 Å². The van der Waals surface area contributed by atoms with Crippen LogP contribution < -0.4 is 5.32 Å². The summed E-state index contributed by atoms with van der Waals surface area (Å²) in [6.07, 6.45) is 1.32. The first kappa shape index (κ1) is 11.1. The minimum Gasteiger partial charge on any atom is -0.312 e. The molecule has 1 aromatic carbocycles. The monoisotopic (exact) mass is 271 g/mol. The van der Waals surface area contributed by atoms with Gasteiger partial charge in [0, 0.05) is 16.6 Å². The molecular weight excluding hydrogens is 257 g/mol. The van der Waals surface area contributed by atoms with Gasteiger partial charge in [0.15, 0.2) is 0 Å². The van der Waals surface area contributed by atoms with Crippen molar-refractivity contribution in [2.24, 2.45) is 11.8 Å². The minimum absolute atomic E-state index is 0.138. The average Bonchev–Trinajstić information content (AvgIpc) is 2.86. The van der Waals surface area contributed by atoms with Crippen LogP contribution in [0.15, 0.2) is 22.7 Å². The molecule has 15 heavy (non-hydrogen) atoms. The maximum atomic E-state index is 13.4. The second-order valence-corrected chi connectivity index (χ2v) is 5.26. The van der Waals surface area contributed by atoms with Crippen LogP contribution in [-0.2, 0) is 6.54 Å². The van der Waals surface area contributed by atoms with Gasteiger partial charge in [-0.25, -0.2) is 4.39 Å². The third-order valence-electron chi connectivity index (χ3n) is 3.01. The van der Waals surface area contributed by atoms with Gasteiger partial charge in [0.05, 0.1) is 0 Å². The molecule has 0 amide bonds. The summed E-state index contributed by atoms with van der Waals surface area (Å²) in [6.45, 7) is 3.89. The lowest BCUT2D eigenvalue weighted by Crippen LogP contribution is -2.17. The van der Waals surface area contributed by atoms with E-state index < -0.39 is 0 Å². The minimum atomic E-state index is -0.138. The zero-order valence-corrected chi connectivity index (χ0v) is 10.3. The van der Waals surface area contributed by atoms with E-state index in [1.54, 1.807) is 0 Å². The van der Waals surface area contributed by atoms with Crippen LogP contribution in [0.4, 0.5) is 4.39 Å². The zero-order chi connectivity index (χ0) is 10.8. The second-order valence-electron chi connectivity index (χ2n) is 4.34. The highest BCUT2D eigenvalue weighted by Gasteiger charge is 2.31. The zero-order valence-electron chi connectivity index (χ0n) is 8.76. The predicted octanol–water partition coefficient (Wildman–Crippen LogP) is 3.33. The molecule has 2 atom stereocenters. The van der Waals surface area contributed by atoms with Gasteiger partial charge in [-0.3, -0.25) is 0 Å². The molecule has 1 nitrogen and oxygen atoms in total. The van der Waals surface area contributed by atoms with Gasteiger partial charge in [-0.1, -0.05) is 28.9 Å². The molecule has 1 saturated carbocycles. The highest BCUT2D eigenvalue weighted by atomic mass is 79.9. The van der Waals surface area contributed by atoms with Crippen LogP contribution in [0, 0.1) is 17.7 Å². The first-order valence-corrected chi connectivity index (χ1v) is 6.11. The Kier molecular flexibility index (Phi) is 3.42. The van der Waals surface area contributed by atoms with Gasteiger partial charge >= 0.3 is 0 Å². The van der Waals surface area contributed by atoms with Crippen LogP contribution in [0.1, 0.15) is 18.9 Å². The van der Waals surface area contributed by atoms with Crippen molar-refractivity contribution < 1.29 is 4.39 Å². The van der Waals surface area contributed by atoms with Crippen LogP contribution in [0.2, 0.25) is 0 Å². The van der Waals surface area contributed by atoms with Gasteiger partial charge < -0.3 is 5.32 Å². The Labute approximate surface area is 98.2 Å². The van der Waals surface area contributed by atoms with Gasteiger partial charge in [0.2, 0.25) is 0 Å². The molecule has 1 aliphatic rings. The molecule has 0 heterocycles. The largest absolute Gasteiger partial charge is 0.312 e. The van der Waals surface area contributed by atoms with Crippen LogP contribution in [0.25, 0.3) is 0 Å². The first-order valence-electron chi connectivity index (χ1n) is 5.31. The topological polar surface area (TPSA) is 12.0 Å². The summed E-state index contributed by atoms with van der Waals surface area (Å²) in [5.74, 6) is 1.52. The van der Waals surface area contributed by atoms with Crippen LogP contribution in [-0.4, -0.2) is 6.54 Å². The molecule has 0 spiro atoms. The molecular formula is C12H15BrFN. The SMILES string of the molecule is CC1CC1CNCc1ccc(Br)cc1F. The van der Waals surface area contributed by atoms with E-state index in [-0.39, 0.29) is 5.82 Å². The van der Waals surface area contributed by atoms with Crippen molar-refractivity contribution in [2.45, 2.75) is 19.9 Å². The molecule has 1 aliphatic carbocycles. The standard InChI is InChI=1S/C12H15BrFN/c1-8-4-10(8)7-15-6-9-2-3-11(13)5-12(9)14/h2-3,5,8,10,15H,4,6-7H2,1H3. The predicted molar refractivity (Wildman–Crippen MR) is 63.1 cm³/mol. The normalized spacial score (nSPS) is 24.2. The van der Waals surface area contributed by atoms with E-state index in [1.165, 1.54) is 12.5 Å². The van der Waals surface area contributed by atoms with Gasteiger partial charge in [0.25, 0.3) is 0 Å². The van der Waals surface area contributed by atoms with E-state index in [2.05, 4.69) is 28.2 Å². The Morgan fingerprint density at radius 3 is 2.87 bits per heavy atom. The lowest BCUT2D eigenvalue weighted by atomic mass is 10.2. The van der Waals surface area contributed by atoms with Gasteiger partial charge in [0.1, 0.15) is 5.82 Å². The van der Waals surface area contributed by atoms with Crippen molar-refractivity contribution >= 4 is 15.9 Å². The van der Waals surface area contributed by atoms with Gasteiger partial charge in [-0.2, -0.15) is 0 Å². The van der Waals surface area contributed by atoms with Crippen molar-refractivity contribution in [1.29, 1.82) is 0 Å². The van der Waals surface area contributed by atoms with Crippen molar-refractivity contribution in [2.75, 3.05) is 6.54 Å². The smallest absolute Gasteiger partial charge is 0.128 e. The molecule has 0 aliphatic heterocycles. The number of rotatable bonds is 4. The molecule has 2 rings (SSSR count). The van der Waals surface area contributed by atoms with Crippen LogP contribution >= 0.6 is 15.9 Å². The van der Waals surface area contributed by atoms with Gasteiger partial charge in [-0.05, 0) is 36.9 Å². The molecule has 82 valence electrons. The van der Waals surface area contributed by atoms with Crippen molar-refractivity contribution in [3.05, 3.63) is 34.1 Å². The van der Waals surface area contributed by atoms with Crippen molar-refractivity contribution in [3.8, 4) is 0 Å². The Morgan fingerprint density at radius 2 is 2.27 bits per heavy atom. The maximum Gasteiger partial charge on any atom is 0.128 e. The van der Waals surface area contributed by atoms with Crippen LogP contribution in [0.3, 0.4) is 0 Å². The fourth-order valence-corrected chi connectivity index (χ4v) is 2.07. The molecule has 2 unspecified atom stereocenters. The van der Waals surface area contributed by atoms with E-state index in [9.17, 15) is 4.39 Å². The fourth-order valence-electron chi connectivity index (χ4n) is 1.74. The summed E-state index contributed by atoms with van der Waals surface area (Å²) in [7, 11) is 0. The van der Waals surface area contributed by atoms with Crippen molar-refractivity contribution in [1.82, 2.24) is 5.32 Å². The lowest BCUT2D eigenvalue weighted by Gasteiger charge is -2.05. The number of benzene rings is 1. The number of halogens is 2. The van der Waals surface area contributed by atoms with Crippen LogP contribution in [0.5, 0.6) is 0 Å². The lowest BCUT2D eigenvalue weighted by molar-refractivity contribution is 0.569. The third-order valence-corrected chi connectivity index (χ3v) is 3.51. The summed E-state index contributed by atoms with van der Waals surface area (Å²) >= 11 is 3.25. The second kappa shape index (κ2) is 4.62. The Bertz CT molecular complexity index is 353. The molecule has 1 fully saturated rings. The van der Waals surface area contributed by atoms with E-state index >= 15 is 0 Å². The summed E-state index contributed by atoms with van der Waals surface area (Å²) in [6, 6.07) is 5.21. The summed E-state index contributed by atoms with van der Waals surface area (Å²) in [4.78, 5) is 0. The quantitative estimate of drug-likeness (QED) is 0.886. The van der Waals surface area contributed by atoms with Gasteiger partial charge in [-0.15, -0.1) is 0 Å². The Balaban J connectivity index is 1.82. The van der Waals surface area contributed by atoms with E-state index in [0.29, 0.717) is 6.54 Å². The van der Waals surface area contributed by atoms with E-state index in [1.807, 2.05) is 12.1 Å². The number of nitrogens with one attached hydrogen (secondary N) is 1. The summed E-state index contributed by atoms with van der Waals surface area (Å²) in [5.41, 5.74) is 0.742. The molecule has 1 aromatic rings. The molecule has 0 aromatic heterocycles. The number of hydrogen-bond acceptors (Lipinski definition) is 1. The Morgan fingerprint density at radius 1 is 1.53 bits per heavy atom. The number of hydrogen-bond donors (Lipinski definition) is 1. The molecule has 0 radical (unpaired) electrons. The highest BCUT2D eigenvalue weighted by molar-refractivity contribution is 9.10. The van der Waals surface area contributed by atoms with E-state index in [4.69, 9.17) is 0 Å². The Hall–Kier alpha value is -0.410.